The minimum atomic E-state index is 0. The van der Waals surface area contributed by atoms with E-state index in [0.29, 0.717) is 5.41 Å². The molecule has 3 nitrogen and oxygen atoms in total. The molecule has 2 saturated heterocycles. The quantitative estimate of drug-likeness (QED) is 0.672. The molecule has 2 N–H and O–H groups in total. The number of aliphatic hydroxyl groups excluding tert-OH is 1. The Hall–Kier alpha value is 0.170. The van der Waals surface area contributed by atoms with E-state index >= 15 is 0 Å². The molecule has 2 aliphatic heterocycles. The summed E-state index contributed by atoms with van der Waals surface area (Å²) in [6.07, 6.45) is 2.18. The number of ether oxygens (including phenoxy) is 1. The van der Waals surface area contributed by atoms with Gasteiger partial charge in [0.25, 0.3) is 0 Å². The van der Waals surface area contributed by atoms with Gasteiger partial charge in [-0.05, 0) is 12.8 Å². The molecule has 2 heterocycles. The van der Waals surface area contributed by atoms with Crippen LogP contribution in [0.1, 0.15) is 12.8 Å². The van der Waals surface area contributed by atoms with Gasteiger partial charge < -0.3 is 15.2 Å². The summed E-state index contributed by atoms with van der Waals surface area (Å²) in [6.45, 7) is 2.13. The molecule has 0 unspecified atom stereocenters. The molecule has 0 radical (unpaired) electrons. The van der Waals surface area contributed by atoms with Crippen molar-refractivity contribution in [3.63, 3.8) is 0 Å². The van der Waals surface area contributed by atoms with Crippen LogP contribution in [-0.4, -0.2) is 37.5 Å². The average Bonchev–Trinajstić information content (AvgIpc) is 2.43. The van der Waals surface area contributed by atoms with Gasteiger partial charge >= 0.3 is 0 Å². The van der Waals surface area contributed by atoms with Crippen LogP contribution in [0.3, 0.4) is 0 Å². The van der Waals surface area contributed by atoms with E-state index in [9.17, 15) is 0 Å². The Kier molecular flexibility index (Phi) is 2.69. The maximum atomic E-state index is 9.04. The number of hydrogen-bond acceptors (Lipinski definition) is 3. The second-order valence-corrected chi connectivity index (χ2v) is 4.08. The number of rotatable bonds is 3. The smallest absolute Gasteiger partial charge is 0.0613 e. The SMILES string of the molecule is COCC12CNC(CO)(C1)C2.Cl. The van der Waals surface area contributed by atoms with Gasteiger partial charge in [-0.2, -0.15) is 0 Å². The molecule has 1 aliphatic carbocycles. The monoisotopic (exact) mass is 193 g/mol. The Morgan fingerprint density at radius 3 is 2.58 bits per heavy atom. The lowest BCUT2D eigenvalue weighted by Crippen LogP contribution is -2.51. The lowest BCUT2D eigenvalue weighted by Gasteiger charge is -2.44. The van der Waals surface area contributed by atoms with Gasteiger partial charge in [-0.15, -0.1) is 12.4 Å². The molecule has 0 spiro atoms. The molecule has 72 valence electrons. The molecule has 0 amide bonds. The second kappa shape index (κ2) is 3.14. The van der Waals surface area contributed by atoms with Crippen LogP contribution in [0, 0.1) is 5.41 Å². The van der Waals surface area contributed by atoms with E-state index in [2.05, 4.69) is 5.32 Å². The molecular weight excluding hydrogens is 178 g/mol. The number of fused-ring (bicyclic) bond motifs is 1. The predicted octanol–water partition coefficient (Wildman–Crippen LogP) is 0.169. The number of nitrogens with one attached hydrogen (secondary N) is 1. The molecule has 12 heavy (non-hydrogen) atoms. The third-order valence-electron chi connectivity index (χ3n) is 3.02. The highest BCUT2D eigenvalue weighted by Crippen LogP contribution is 2.53. The van der Waals surface area contributed by atoms with Gasteiger partial charge in [-0.3, -0.25) is 0 Å². The summed E-state index contributed by atoms with van der Waals surface area (Å²) < 4.78 is 5.13. The van der Waals surface area contributed by atoms with Gasteiger partial charge in [-0.25, -0.2) is 0 Å². The summed E-state index contributed by atoms with van der Waals surface area (Å²) in [5.74, 6) is 0. The van der Waals surface area contributed by atoms with E-state index in [4.69, 9.17) is 9.84 Å². The van der Waals surface area contributed by atoms with E-state index in [1.165, 1.54) is 0 Å². The first kappa shape index (κ1) is 10.3. The van der Waals surface area contributed by atoms with Crippen LogP contribution in [0.4, 0.5) is 0 Å². The number of hydrogen-bond donors (Lipinski definition) is 2. The van der Waals surface area contributed by atoms with Crippen LogP contribution >= 0.6 is 12.4 Å². The van der Waals surface area contributed by atoms with Crippen molar-refractivity contribution in [3.05, 3.63) is 0 Å². The van der Waals surface area contributed by atoms with Gasteiger partial charge in [0.1, 0.15) is 0 Å². The average molecular weight is 194 g/mol. The van der Waals surface area contributed by atoms with E-state index in [0.717, 1.165) is 26.0 Å². The minimum absolute atomic E-state index is 0. The topological polar surface area (TPSA) is 41.5 Å². The predicted molar refractivity (Wildman–Crippen MR) is 48.6 cm³/mol. The van der Waals surface area contributed by atoms with Crippen LogP contribution in [0.15, 0.2) is 0 Å². The summed E-state index contributed by atoms with van der Waals surface area (Å²) in [4.78, 5) is 0. The molecule has 3 rings (SSSR count). The van der Waals surface area contributed by atoms with Crippen molar-refractivity contribution in [3.8, 4) is 0 Å². The van der Waals surface area contributed by atoms with Crippen LogP contribution in [-0.2, 0) is 4.74 Å². The lowest BCUT2D eigenvalue weighted by molar-refractivity contribution is -0.00347. The summed E-state index contributed by atoms with van der Waals surface area (Å²) in [6, 6.07) is 0. The van der Waals surface area contributed by atoms with Crippen molar-refractivity contribution in [2.75, 3.05) is 26.9 Å². The maximum Gasteiger partial charge on any atom is 0.0613 e. The third-order valence-corrected chi connectivity index (χ3v) is 3.02. The van der Waals surface area contributed by atoms with Crippen molar-refractivity contribution in [2.45, 2.75) is 18.4 Å². The van der Waals surface area contributed by atoms with Crippen LogP contribution < -0.4 is 5.32 Å². The zero-order chi connectivity index (χ0) is 7.95. The van der Waals surface area contributed by atoms with Gasteiger partial charge in [0.15, 0.2) is 0 Å². The molecule has 4 heteroatoms. The van der Waals surface area contributed by atoms with E-state index in [-0.39, 0.29) is 24.6 Å². The highest BCUT2D eigenvalue weighted by Gasteiger charge is 2.60. The van der Waals surface area contributed by atoms with Crippen molar-refractivity contribution >= 4 is 12.4 Å². The van der Waals surface area contributed by atoms with Gasteiger partial charge in [0.05, 0.1) is 13.2 Å². The molecular formula is C8H16ClNO2. The fraction of sp³-hybridized carbons (Fsp3) is 1.00. The summed E-state index contributed by atoms with van der Waals surface area (Å²) in [7, 11) is 1.74. The Morgan fingerprint density at radius 2 is 2.17 bits per heavy atom. The largest absolute Gasteiger partial charge is 0.394 e. The Bertz CT molecular complexity index is 168. The first-order valence-electron chi connectivity index (χ1n) is 4.09. The molecule has 0 aromatic carbocycles. The van der Waals surface area contributed by atoms with Gasteiger partial charge in [0.2, 0.25) is 0 Å². The van der Waals surface area contributed by atoms with E-state index in [1.807, 2.05) is 0 Å². The van der Waals surface area contributed by atoms with E-state index < -0.39 is 0 Å². The van der Waals surface area contributed by atoms with Crippen LogP contribution in [0.25, 0.3) is 0 Å². The molecule has 0 aromatic heterocycles. The number of aliphatic hydroxyl groups is 1. The normalized spacial score (nSPS) is 43.5. The lowest BCUT2D eigenvalue weighted by atomic mass is 9.63. The first-order chi connectivity index (χ1) is 5.24. The standard InChI is InChI=1S/C8H15NO2.ClH/c1-11-6-7-2-8(3-7,5-10)9-4-7;/h9-10H,2-6H2,1H3;1H. The molecule has 3 aliphatic rings. The van der Waals surface area contributed by atoms with Crippen molar-refractivity contribution in [1.29, 1.82) is 0 Å². The highest BCUT2D eigenvalue weighted by molar-refractivity contribution is 5.85. The third kappa shape index (κ3) is 1.25. The zero-order valence-electron chi connectivity index (χ0n) is 7.30. The maximum absolute atomic E-state index is 9.04. The molecule has 0 aromatic rings. The summed E-state index contributed by atoms with van der Waals surface area (Å²) >= 11 is 0. The van der Waals surface area contributed by atoms with Crippen molar-refractivity contribution in [1.82, 2.24) is 5.32 Å². The molecule has 3 fully saturated rings. The Balaban J connectivity index is 0.000000720. The first-order valence-corrected chi connectivity index (χ1v) is 4.09. The fourth-order valence-corrected chi connectivity index (χ4v) is 2.64. The molecule has 1 saturated carbocycles. The van der Waals surface area contributed by atoms with Crippen molar-refractivity contribution < 1.29 is 9.84 Å². The molecule has 2 bridgehead atoms. The highest BCUT2D eigenvalue weighted by atomic mass is 35.5. The van der Waals surface area contributed by atoms with E-state index in [1.54, 1.807) is 7.11 Å². The Labute approximate surface area is 78.9 Å². The van der Waals surface area contributed by atoms with Gasteiger partial charge in [0, 0.05) is 24.6 Å². The summed E-state index contributed by atoms with van der Waals surface area (Å²) in [5, 5.41) is 12.4. The number of halogens is 1. The number of methoxy groups -OCH3 is 1. The Morgan fingerprint density at radius 1 is 1.50 bits per heavy atom. The van der Waals surface area contributed by atoms with Crippen LogP contribution in [0.2, 0.25) is 0 Å². The van der Waals surface area contributed by atoms with Crippen LogP contribution in [0.5, 0.6) is 0 Å². The molecule has 0 atom stereocenters. The fourth-order valence-electron chi connectivity index (χ4n) is 2.64. The zero-order valence-corrected chi connectivity index (χ0v) is 8.12. The minimum Gasteiger partial charge on any atom is -0.394 e. The van der Waals surface area contributed by atoms with Gasteiger partial charge in [-0.1, -0.05) is 0 Å². The summed E-state index contributed by atoms with van der Waals surface area (Å²) in [5.41, 5.74) is 0.427. The van der Waals surface area contributed by atoms with Crippen molar-refractivity contribution in [2.24, 2.45) is 5.41 Å². The second-order valence-electron chi connectivity index (χ2n) is 4.08.